The first-order valence-electron chi connectivity index (χ1n) is 5.00. The van der Waals surface area contributed by atoms with E-state index in [4.69, 9.17) is 0 Å². The zero-order valence-corrected chi connectivity index (χ0v) is 9.28. The van der Waals surface area contributed by atoms with E-state index in [-0.39, 0.29) is 11.8 Å². The van der Waals surface area contributed by atoms with Crippen molar-refractivity contribution in [3.8, 4) is 0 Å². The number of imide groups is 1. The van der Waals surface area contributed by atoms with Crippen molar-refractivity contribution in [2.24, 2.45) is 0 Å². The maximum atomic E-state index is 11.7. The monoisotopic (exact) mass is 205 g/mol. The topological polar surface area (TPSA) is 37.4 Å². The van der Waals surface area contributed by atoms with Crippen molar-refractivity contribution in [3.63, 3.8) is 0 Å². The van der Waals surface area contributed by atoms with Crippen molar-refractivity contribution in [2.75, 3.05) is 0 Å². The van der Waals surface area contributed by atoms with Gasteiger partial charge in [-0.3, -0.25) is 9.59 Å². The van der Waals surface area contributed by atoms with Gasteiger partial charge >= 0.3 is 0 Å². The third-order valence-electron chi connectivity index (χ3n) is 2.23. The van der Waals surface area contributed by atoms with Gasteiger partial charge in [0.15, 0.2) is 0 Å². The molecule has 0 unspecified atom stereocenters. The van der Waals surface area contributed by atoms with Crippen LogP contribution in [0.25, 0.3) is 0 Å². The summed E-state index contributed by atoms with van der Waals surface area (Å²) >= 11 is 0. The third kappa shape index (κ3) is 2.24. The van der Waals surface area contributed by atoms with Crippen LogP contribution in [0.4, 0.5) is 0 Å². The van der Waals surface area contributed by atoms with E-state index in [9.17, 15) is 9.59 Å². The van der Waals surface area contributed by atoms with E-state index in [0.29, 0.717) is 12.0 Å². The Balaban J connectivity index is 2.98. The molecule has 0 radical (unpaired) electrons. The lowest BCUT2D eigenvalue weighted by Crippen LogP contribution is -2.29. The minimum atomic E-state index is -0.241. The number of carbonyl (C=O) groups excluding carboxylic acids is 2. The second-order valence-electron chi connectivity index (χ2n) is 3.34. The lowest BCUT2D eigenvalue weighted by atomic mass is 10.2. The summed E-state index contributed by atoms with van der Waals surface area (Å²) in [5, 5.41) is 0. The van der Waals surface area contributed by atoms with Crippen LogP contribution >= 0.6 is 0 Å². The maximum absolute atomic E-state index is 11.7. The number of amides is 2. The van der Waals surface area contributed by atoms with Crippen LogP contribution in [-0.2, 0) is 9.59 Å². The molecule has 0 aromatic carbocycles. The number of carbonyl (C=O) groups is 2. The molecule has 2 amide bonds. The molecule has 0 spiro atoms. The highest BCUT2D eigenvalue weighted by atomic mass is 16.2. The second-order valence-corrected chi connectivity index (χ2v) is 3.34. The molecule has 0 saturated heterocycles. The summed E-state index contributed by atoms with van der Waals surface area (Å²) in [5.74, 6) is -0.451. The number of rotatable bonds is 3. The molecule has 0 fully saturated rings. The predicted molar refractivity (Wildman–Crippen MR) is 58.8 cm³/mol. The standard InChI is InChI=1S/C12H15NO2/c1-4-6-7-10(5-2)13-11(14)8-9(3)12(13)15/h4,6-8H,5H2,1-3H3/b6-4-,10-7+. The van der Waals surface area contributed by atoms with Crippen molar-refractivity contribution in [2.45, 2.75) is 27.2 Å². The minimum Gasteiger partial charge on any atom is -0.269 e. The van der Waals surface area contributed by atoms with Gasteiger partial charge in [-0.25, -0.2) is 4.90 Å². The first-order chi connectivity index (χ1) is 7.11. The van der Waals surface area contributed by atoms with Crippen LogP contribution in [0, 0.1) is 0 Å². The highest BCUT2D eigenvalue weighted by Crippen LogP contribution is 2.19. The molecule has 80 valence electrons. The van der Waals surface area contributed by atoms with Gasteiger partial charge in [0, 0.05) is 17.3 Å². The fraction of sp³-hybridized carbons (Fsp3) is 0.333. The second kappa shape index (κ2) is 4.73. The van der Waals surface area contributed by atoms with E-state index in [2.05, 4.69) is 0 Å². The Morgan fingerprint density at radius 3 is 2.53 bits per heavy atom. The highest BCUT2D eigenvalue weighted by molar-refractivity contribution is 6.17. The van der Waals surface area contributed by atoms with Gasteiger partial charge in [0.1, 0.15) is 0 Å². The molecular weight excluding hydrogens is 190 g/mol. The predicted octanol–water partition coefficient (Wildman–Crippen LogP) is 2.17. The molecule has 0 N–H and O–H groups in total. The van der Waals surface area contributed by atoms with Crippen LogP contribution in [0.1, 0.15) is 27.2 Å². The molecule has 0 saturated carbocycles. The lowest BCUT2D eigenvalue weighted by molar-refractivity contribution is -0.134. The van der Waals surface area contributed by atoms with Crippen LogP contribution < -0.4 is 0 Å². The maximum Gasteiger partial charge on any atom is 0.260 e. The van der Waals surface area contributed by atoms with Crippen LogP contribution in [0.3, 0.4) is 0 Å². The molecule has 0 aromatic heterocycles. The van der Waals surface area contributed by atoms with E-state index in [0.717, 1.165) is 5.70 Å². The Morgan fingerprint density at radius 2 is 2.13 bits per heavy atom. The Kier molecular flexibility index (Phi) is 3.61. The largest absolute Gasteiger partial charge is 0.269 e. The molecule has 15 heavy (non-hydrogen) atoms. The van der Waals surface area contributed by atoms with Gasteiger partial charge in [0.2, 0.25) is 0 Å². The average Bonchev–Trinajstić information content (AvgIpc) is 2.45. The summed E-state index contributed by atoms with van der Waals surface area (Å²) in [7, 11) is 0. The summed E-state index contributed by atoms with van der Waals surface area (Å²) in [4.78, 5) is 24.4. The van der Waals surface area contributed by atoms with Gasteiger partial charge < -0.3 is 0 Å². The first-order valence-corrected chi connectivity index (χ1v) is 5.00. The Labute approximate surface area is 89.8 Å². The van der Waals surface area contributed by atoms with Crippen molar-refractivity contribution in [3.05, 3.63) is 35.6 Å². The number of hydrogen-bond acceptors (Lipinski definition) is 2. The molecule has 1 heterocycles. The van der Waals surface area contributed by atoms with Gasteiger partial charge in [-0.1, -0.05) is 19.1 Å². The SMILES string of the molecule is C/C=C\C=C(/CC)N1C(=O)C=C(C)C1=O. The molecule has 0 aromatic rings. The van der Waals surface area contributed by atoms with Gasteiger partial charge in [-0.15, -0.1) is 0 Å². The summed E-state index contributed by atoms with van der Waals surface area (Å²) < 4.78 is 0. The molecule has 3 nitrogen and oxygen atoms in total. The van der Waals surface area contributed by atoms with Crippen LogP contribution in [0.5, 0.6) is 0 Å². The number of nitrogens with zero attached hydrogens (tertiary/aromatic N) is 1. The fourth-order valence-electron chi connectivity index (χ4n) is 1.42. The van der Waals surface area contributed by atoms with Crippen molar-refractivity contribution in [1.29, 1.82) is 0 Å². The van der Waals surface area contributed by atoms with Gasteiger partial charge in [-0.05, 0) is 26.3 Å². The van der Waals surface area contributed by atoms with E-state index in [1.807, 2.05) is 26.0 Å². The summed E-state index contributed by atoms with van der Waals surface area (Å²) in [5.41, 5.74) is 1.23. The first kappa shape index (κ1) is 11.4. The molecule has 1 aliphatic rings. The smallest absolute Gasteiger partial charge is 0.260 e. The lowest BCUT2D eigenvalue weighted by Gasteiger charge is -2.16. The summed E-state index contributed by atoms with van der Waals surface area (Å²) in [6.45, 7) is 5.47. The van der Waals surface area contributed by atoms with E-state index < -0.39 is 0 Å². The van der Waals surface area contributed by atoms with Gasteiger partial charge in [0.05, 0.1) is 0 Å². The van der Waals surface area contributed by atoms with E-state index in [1.54, 1.807) is 13.0 Å². The minimum absolute atomic E-state index is 0.211. The van der Waals surface area contributed by atoms with Gasteiger partial charge in [0.25, 0.3) is 11.8 Å². The molecule has 0 bridgehead atoms. The fourth-order valence-corrected chi connectivity index (χ4v) is 1.42. The zero-order chi connectivity index (χ0) is 11.4. The quantitative estimate of drug-likeness (QED) is 0.523. The Morgan fingerprint density at radius 1 is 1.47 bits per heavy atom. The van der Waals surface area contributed by atoms with Crippen LogP contribution in [0.2, 0.25) is 0 Å². The molecule has 0 atom stereocenters. The van der Waals surface area contributed by atoms with Crippen LogP contribution in [0.15, 0.2) is 35.6 Å². The molecule has 1 rings (SSSR count). The molecule has 0 aliphatic carbocycles. The zero-order valence-electron chi connectivity index (χ0n) is 9.28. The van der Waals surface area contributed by atoms with Crippen molar-refractivity contribution < 1.29 is 9.59 Å². The summed E-state index contributed by atoms with van der Waals surface area (Å²) in [6.07, 6.45) is 7.51. The normalized spacial score (nSPS) is 17.9. The van der Waals surface area contributed by atoms with Crippen molar-refractivity contribution in [1.82, 2.24) is 4.90 Å². The van der Waals surface area contributed by atoms with Gasteiger partial charge in [-0.2, -0.15) is 0 Å². The highest BCUT2D eigenvalue weighted by Gasteiger charge is 2.30. The van der Waals surface area contributed by atoms with Crippen LogP contribution in [-0.4, -0.2) is 16.7 Å². The van der Waals surface area contributed by atoms with E-state index in [1.165, 1.54) is 11.0 Å². The van der Waals surface area contributed by atoms with E-state index >= 15 is 0 Å². The summed E-state index contributed by atoms with van der Waals surface area (Å²) in [6, 6.07) is 0. The molecule has 1 aliphatic heterocycles. The Hall–Kier alpha value is -1.64. The molecular formula is C12H15NO2. The molecule has 3 heteroatoms. The third-order valence-corrected chi connectivity index (χ3v) is 2.23. The number of hydrogen-bond donors (Lipinski definition) is 0. The Bertz CT molecular complexity index is 375. The number of allylic oxidation sites excluding steroid dienone is 4. The van der Waals surface area contributed by atoms with Crippen molar-refractivity contribution >= 4 is 11.8 Å². The average molecular weight is 205 g/mol.